The van der Waals surface area contributed by atoms with E-state index in [1.54, 1.807) is 0 Å². The monoisotopic (exact) mass is 265 g/mol. The summed E-state index contributed by atoms with van der Waals surface area (Å²) in [5.74, 6) is 0. The van der Waals surface area contributed by atoms with Gasteiger partial charge in [0.2, 0.25) is 0 Å². The Kier molecular flexibility index (Phi) is 4.51. The molecule has 3 nitrogen and oxygen atoms in total. The Morgan fingerprint density at radius 1 is 1.00 bits per heavy atom. The van der Waals surface area contributed by atoms with Crippen molar-refractivity contribution in [3.63, 3.8) is 0 Å². The lowest BCUT2D eigenvalue weighted by atomic mass is 9.78. The fourth-order valence-electron chi connectivity index (χ4n) is 2.70. The van der Waals surface area contributed by atoms with Gasteiger partial charge in [-0.2, -0.15) is 5.10 Å². The number of hydrogen-bond acceptors (Lipinski definition) is 2. The highest BCUT2D eigenvalue weighted by Gasteiger charge is 2.31. The van der Waals surface area contributed by atoms with Gasteiger partial charge in [0.25, 0.3) is 0 Å². The molecule has 19 heavy (non-hydrogen) atoms. The van der Waals surface area contributed by atoms with E-state index < -0.39 is 0 Å². The molecule has 0 spiro atoms. The summed E-state index contributed by atoms with van der Waals surface area (Å²) in [6.45, 7) is 17.8. The van der Waals surface area contributed by atoms with Gasteiger partial charge < -0.3 is 4.90 Å². The quantitative estimate of drug-likeness (QED) is 0.835. The molecule has 0 bridgehead atoms. The summed E-state index contributed by atoms with van der Waals surface area (Å²) in [5, 5.41) is 4.81. The Morgan fingerprint density at radius 2 is 1.53 bits per heavy atom. The molecule has 0 saturated heterocycles. The number of aromatic nitrogens is 2. The third kappa shape index (κ3) is 3.82. The molecular weight excluding hydrogens is 234 g/mol. The van der Waals surface area contributed by atoms with E-state index in [0.29, 0.717) is 0 Å². The number of aryl methyl sites for hydroxylation is 1. The van der Waals surface area contributed by atoms with E-state index in [1.807, 2.05) is 0 Å². The molecule has 110 valence electrons. The van der Waals surface area contributed by atoms with Crippen molar-refractivity contribution in [3.8, 4) is 0 Å². The van der Waals surface area contributed by atoms with Gasteiger partial charge in [0.05, 0.1) is 12.2 Å². The first-order valence-electron chi connectivity index (χ1n) is 7.17. The zero-order valence-corrected chi connectivity index (χ0v) is 14.3. The summed E-state index contributed by atoms with van der Waals surface area (Å²) in [6, 6.07) is 0. The maximum atomic E-state index is 4.81. The maximum absolute atomic E-state index is 4.81. The van der Waals surface area contributed by atoms with Gasteiger partial charge in [-0.05, 0) is 26.4 Å². The fraction of sp³-hybridized carbons (Fsp3) is 0.812. The Hall–Kier alpha value is -0.830. The second-order valence-corrected chi connectivity index (χ2v) is 7.84. The van der Waals surface area contributed by atoms with Crippen molar-refractivity contribution >= 4 is 0 Å². The van der Waals surface area contributed by atoms with E-state index in [1.165, 1.54) is 17.0 Å². The second-order valence-electron chi connectivity index (χ2n) is 7.84. The molecule has 3 heteroatoms. The van der Waals surface area contributed by atoms with Gasteiger partial charge in [-0.15, -0.1) is 0 Å². The predicted octanol–water partition coefficient (Wildman–Crippen LogP) is 3.35. The number of likely N-dealkylation sites (N-methyl/N-ethyl adjacent to an activating group) is 1. The molecule has 0 amide bonds. The van der Waals surface area contributed by atoms with Crippen LogP contribution in [0.15, 0.2) is 0 Å². The van der Waals surface area contributed by atoms with Crippen molar-refractivity contribution in [1.29, 1.82) is 0 Å². The lowest BCUT2D eigenvalue weighted by Gasteiger charge is -2.28. The summed E-state index contributed by atoms with van der Waals surface area (Å²) in [4.78, 5) is 2.21. The van der Waals surface area contributed by atoms with E-state index in [0.717, 1.165) is 13.1 Å². The molecule has 1 aromatic heterocycles. The van der Waals surface area contributed by atoms with Crippen LogP contribution in [0.4, 0.5) is 0 Å². The summed E-state index contributed by atoms with van der Waals surface area (Å²) in [7, 11) is 4.22. The Balaban J connectivity index is 3.34. The topological polar surface area (TPSA) is 21.1 Å². The first-order chi connectivity index (χ1) is 8.44. The Labute approximate surface area is 119 Å². The van der Waals surface area contributed by atoms with Gasteiger partial charge >= 0.3 is 0 Å². The molecule has 1 rings (SSSR count). The van der Waals surface area contributed by atoms with Gasteiger partial charge in [-0.25, -0.2) is 0 Å². The predicted molar refractivity (Wildman–Crippen MR) is 82.9 cm³/mol. The molecule has 0 aromatic carbocycles. The van der Waals surface area contributed by atoms with Crippen LogP contribution in [0.1, 0.15) is 58.5 Å². The van der Waals surface area contributed by atoms with Crippen LogP contribution in [0.3, 0.4) is 0 Å². The van der Waals surface area contributed by atoms with Crippen molar-refractivity contribution in [1.82, 2.24) is 14.7 Å². The second kappa shape index (κ2) is 5.28. The lowest BCUT2D eigenvalue weighted by molar-refractivity contribution is 0.358. The molecule has 0 saturated carbocycles. The van der Waals surface area contributed by atoms with Crippen LogP contribution in [0.2, 0.25) is 0 Å². The smallest absolute Gasteiger partial charge is 0.0634 e. The molecule has 0 aliphatic rings. The third-order valence-corrected chi connectivity index (χ3v) is 3.35. The number of rotatable bonds is 3. The van der Waals surface area contributed by atoms with E-state index in [9.17, 15) is 0 Å². The van der Waals surface area contributed by atoms with Gasteiger partial charge in [0.15, 0.2) is 0 Å². The zero-order valence-electron chi connectivity index (χ0n) is 14.3. The summed E-state index contributed by atoms with van der Waals surface area (Å²) in [5.41, 5.74) is 4.24. The van der Waals surface area contributed by atoms with Crippen LogP contribution in [-0.4, -0.2) is 35.3 Å². The highest BCUT2D eigenvalue weighted by atomic mass is 15.3. The molecule has 0 radical (unpaired) electrons. The lowest BCUT2D eigenvalue weighted by Crippen LogP contribution is -2.27. The summed E-state index contributed by atoms with van der Waals surface area (Å²) in [6.07, 6.45) is 0. The highest BCUT2D eigenvalue weighted by molar-refractivity contribution is 5.36. The van der Waals surface area contributed by atoms with Gasteiger partial charge in [-0.1, -0.05) is 41.5 Å². The minimum absolute atomic E-state index is 0.121. The van der Waals surface area contributed by atoms with Gasteiger partial charge in [0.1, 0.15) is 0 Å². The SMILES string of the molecule is Cc1nn(CCN(C)C)c(C(C)(C)C)c1C(C)(C)C. The van der Waals surface area contributed by atoms with Crippen molar-refractivity contribution in [2.24, 2.45) is 0 Å². The average Bonchev–Trinajstić information content (AvgIpc) is 2.50. The molecule has 0 unspecified atom stereocenters. The minimum Gasteiger partial charge on any atom is -0.308 e. The van der Waals surface area contributed by atoms with Crippen molar-refractivity contribution in [2.75, 3.05) is 20.6 Å². The Morgan fingerprint density at radius 3 is 1.89 bits per heavy atom. The molecular formula is C16H31N3. The number of hydrogen-bond donors (Lipinski definition) is 0. The molecule has 0 aliphatic heterocycles. The van der Waals surface area contributed by atoms with Crippen molar-refractivity contribution in [2.45, 2.75) is 65.8 Å². The van der Waals surface area contributed by atoms with E-state index in [4.69, 9.17) is 5.10 Å². The largest absolute Gasteiger partial charge is 0.308 e. The van der Waals surface area contributed by atoms with Crippen LogP contribution >= 0.6 is 0 Å². The van der Waals surface area contributed by atoms with Gasteiger partial charge in [-0.3, -0.25) is 4.68 Å². The first kappa shape index (κ1) is 16.2. The van der Waals surface area contributed by atoms with Crippen LogP contribution in [0.5, 0.6) is 0 Å². The van der Waals surface area contributed by atoms with Crippen LogP contribution < -0.4 is 0 Å². The van der Waals surface area contributed by atoms with Crippen LogP contribution in [-0.2, 0) is 17.4 Å². The summed E-state index contributed by atoms with van der Waals surface area (Å²) >= 11 is 0. The minimum atomic E-state index is 0.121. The maximum Gasteiger partial charge on any atom is 0.0634 e. The molecule has 1 aromatic rings. The van der Waals surface area contributed by atoms with E-state index in [-0.39, 0.29) is 10.8 Å². The van der Waals surface area contributed by atoms with Gasteiger partial charge in [0, 0.05) is 23.2 Å². The molecule has 1 heterocycles. The highest BCUT2D eigenvalue weighted by Crippen LogP contribution is 2.35. The molecule has 0 aliphatic carbocycles. The van der Waals surface area contributed by atoms with E-state index in [2.05, 4.69) is 72.1 Å². The fourth-order valence-corrected chi connectivity index (χ4v) is 2.70. The third-order valence-electron chi connectivity index (χ3n) is 3.35. The standard InChI is InChI=1S/C16H31N3/c1-12-13(15(2,3)4)14(16(5,6)7)19(17-12)11-10-18(8)9/h10-11H2,1-9H3. The number of nitrogens with zero attached hydrogens (tertiary/aromatic N) is 3. The van der Waals surface area contributed by atoms with E-state index >= 15 is 0 Å². The van der Waals surface area contributed by atoms with Crippen LogP contribution in [0.25, 0.3) is 0 Å². The molecule has 0 N–H and O–H groups in total. The summed E-state index contributed by atoms with van der Waals surface area (Å²) < 4.78 is 2.22. The normalized spacial score (nSPS) is 13.4. The first-order valence-corrected chi connectivity index (χ1v) is 7.17. The molecule has 0 fully saturated rings. The van der Waals surface area contributed by atoms with Crippen LogP contribution in [0, 0.1) is 6.92 Å². The molecule has 0 atom stereocenters. The van der Waals surface area contributed by atoms with Crippen molar-refractivity contribution in [3.05, 3.63) is 17.0 Å². The average molecular weight is 265 g/mol. The zero-order chi connectivity index (χ0) is 15.0. The van der Waals surface area contributed by atoms with Crippen molar-refractivity contribution < 1.29 is 0 Å². The Bertz CT molecular complexity index is 428.